The van der Waals surface area contributed by atoms with Crippen molar-refractivity contribution >= 4 is 16.8 Å². The molecule has 0 aliphatic carbocycles. The molecule has 4 heteroatoms. The molecule has 2 rings (SSSR count). The van der Waals surface area contributed by atoms with Gasteiger partial charge in [-0.25, -0.2) is 4.98 Å². The largest absolute Gasteiger partial charge is 0.438 e. The minimum atomic E-state index is 0.0456. The Morgan fingerprint density at radius 3 is 2.93 bits per heavy atom. The first kappa shape index (κ1) is 9.02. The molecule has 4 nitrogen and oxygen atoms in total. The van der Waals surface area contributed by atoms with Crippen molar-refractivity contribution in [2.45, 2.75) is 19.4 Å². The second kappa shape index (κ2) is 3.31. The van der Waals surface area contributed by atoms with E-state index in [1.165, 1.54) is 0 Å². The van der Waals surface area contributed by atoms with Crippen molar-refractivity contribution in [1.29, 1.82) is 0 Å². The van der Waals surface area contributed by atoms with Crippen LogP contribution < -0.4 is 11.5 Å². The number of para-hydroxylation sites is 1. The van der Waals surface area contributed by atoms with E-state index in [-0.39, 0.29) is 6.04 Å². The number of fused-ring (bicyclic) bond motifs is 1. The van der Waals surface area contributed by atoms with Crippen molar-refractivity contribution in [3.63, 3.8) is 0 Å². The van der Waals surface area contributed by atoms with Gasteiger partial charge >= 0.3 is 0 Å². The second-order valence-electron chi connectivity index (χ2n) is 3.48. The third kappa shape index (κ3) is 1.56. The van der Waals surface area contributed by atoms with E-state index in [0.717, 1.165) is 5.52 Å². The fourth-order valence-electron chi connectivity index (χ4n) is 1.38. The van der Waals surface area contributed by atoms with Gasteiger partial charge < -0.3 is 15.9 Å². The van der Waals surface area contributed by atoms with E-state index < -0.39 is 0 Å². The predicted molar refractivity (Wildman–Crippen MR) is 55.8 cm³/mol. The van der Waals surface area contributed by atoms with Crippen molar-refractivity contribution in [3.8, 4) is 0 Å². The Labute approximate surface area is 81.9 Å². The average molecular weight is 191 g/mol. The van der Waals surface area contributed by atoms with Crippen LogP contribution in [0.2, 0.25) is 0 Å². The maximum absolute atomic E-state index is 5.74. The van der Waals surface area contributed by atoms with Crippen LogP contribution in [0.15, 0.2) is 22.6 Å². The summed E-state index contributed by atoms with van der Waals surface area (Å²) in [4.78, 5) is 4.29. The molecular weight excluding hydrogens is 178 g/mol. The average Bonchev–Trinajstić information content (AvgIpc) is 2.47. The highest BCUT2D eigenvalue weighted by molar-refractivity contribution is 5.84. The van der Waals surface area contributed by atoms with Crippen LogP contribution >= 0.6 is 0 Å². The van der Waals surface area contributed by atoms with Gasteiger partial charge in [-0.15, -0.1) is 0 Å². The normalized spacial score (nSPS) is 13.3. The van der Waals surface area contributed by atoms with E-state index in [9.17, 15) is 0 Å². The quantitative estimate of drug-likeness (QED) is 0.701. The minimum Gasteiger partial charge on any atom is -0.438 e. The maximum Gasteiger partial charge on any atom is 0.197 e. The molecule has 74 valence electrons. The van der Waals surface area contributed by atoms with Crippen LogP contribution in [0.1, 0.15) is 12.8 Å². The summed E-state index contributed by atoms with van der Waals surface area (Å²) in [5.74, 6) is 0.646. The summed E-state index contributed by atoms with van der Waals surface area (Å²) in [6.07, 6.45) is 0.633. The third-order valence-electron chi connectivity index (χ3n) is 1.99. The molecule has 0 amide bonds. The predicted octanol–water partition coefficient (Wildman–Crippen LogP) is 1.30. The second-order valence-corrected chi connectivity index (χ2v) is 3.48. The molecule has 4 N–H and O–H groups in total. The van der Waals surface area contributed by atoms with Gasteiger partial charge in [-0.3, -0.25) is 0 Å². The molecule has 1 aromatic carbocycles. The summed E-state index contributed by atoms with van der Waals surface area (Å²) in [6, 6.07) is 5.57. The number of nitrogens with two attached hydrogens (primary N) is 2. The van der Waals surface area contributed by atoms with Crippen LogP contribution in [0.5, 0.6) is 0 Å². The fourth-order valence-corrected chi connectivity index (χ4v) is 1.38. The number of aromatic nitrogens is 1. The Morgan fingerprint density at radius 2 is 2.29 bits per heavy atom. The van der Waals surface area contributed by atoms with Crippen LogP contribution in [-0.2, 0) is 6.42 Å². The lowest BCUT2D eigenvalue weighted by Gasteiger charge is -1.97. The van der Waals surface area contributed by atoms with E-state index in [2.05, 4.69) is 4.98 Å². The van der Waals surface area contributed by atoms with Crippen molar-refractivity contribution in [2.75, 3.05) is 5.73 Å². The summed E-state index contributed by atoms with van der Waals surface area (Å²) in [5, 5.41) is 0. The van der Waals surface area contributed by atoms with Crippen LogP contribution in [-0.4, -0.2) is 11.0 Å². The van der Waals surface area contributed by atoms with Gasteiger partial charge in [-0.1, -0.05) is 6.07 Å². The maximum atomic E-state index is 5.74. The highest BCUT2D eigenvalue weighted by atomic mass is 16.3. The van der Waals surface area contributed by atoms with E-state index in [0.29, 0.717) is 23.6 Å². The summed E-state index contributed by atoms with van der Waals surface area (Å²) < 4.78 is 5.49. The number of oxazole rings is 1. The molecule has 0 fully saturated rings. The molecule has 0 aliphatic heterocycles. The molecular formula is C10H13N3O. The number of nitrogens with zero attached hydrogens (tertiary/aromatic N) is 1. The minimum absolute atomic E-state index is 0.0456. The van der Waals surface area contributed by atoms with Crippen LogP contribution in [0.3, 0.4) is 0 Å². The van der Waals surface area contributed by atoms with Gasteiger partial charge in [0.15, 0.2) is 11.5 Å². The molecule has 1 unspecified atom stereocenters. The van der Waals surface area contributed by atoms with Gasteiger partial charge in [-0.2, -0.15) is 0 Å². The first-order valence-corrected chi connectivity index (χ1v) is 4.56. The molecule has 14 heavy (non-hydrogen) atoms. The molecule has 0 radical (unpaired) electrons. The monoisotopic (exact) mass is 191 g/mol. The first-order chi connectivity index (χ1) is 6.66. The topological polar surface area (TPSA) is 78.1 Å². The lowest BCUT2D eigenvalue weighted by atomic mass is 10.2. The van der Waals surface area contributed by atoms with E-state index in [1.807, 2.05) is 19.1 Å². The number of benzene rings is 1. The Kier molecular flexibility index (Phi) is 2.13. The van der Waals surface area contributed by atoms with Crippen LogP contribution in [0.25, 0.3) is 11.1 Å². The fraction of sp³-hybridized carbons (Fsp3) is 0.300. The molecule has 0 saturated heterocycles. The standard InChI is InChI=1S/C10H13N3O/c1-6(11)5-9-13-8-4-2-3-7(12)10(8)14-9/h2-4,6H,5,11-12H2,1H3. The first-order valence-electron chi connectivity index (χ1n) is 4.56. The SMILES string of the molecule is CC(N)Cc1nc2cccc(N)c2o1. The molecule has 0 bridgehead atoms. The highest BCUT2D eigenvalue weighted by Gasteiger charge is 2.08. The number of hydrogen-bond acceptors (Lipinski definition) is 4. The molecule has 1 atom stereocenters. The van der Waals surface area contributed by atoms with Crippen LogP contribution in [0.4, 0.5) is 5.69 Å². The van der Waals surface area contributed by atoms with Gasteiger partial charge in [0.25, 0.3) is 0 Å². The van der Waals surface area contributed by atoms with Crippen molar-refractivity contribution < 1.29 is 4.42 Å². The Bertz CT molecular complexity index is 448. The van der Waals surface area contributed by atoms with Gasteiger partial charge in [0.2, 0.25) is 0 Å². The molecule has 1 aromatic heterocycles. The molecule has 0 spiro atoms. The molecule has 2 aromatic rings. The Balaban J connectivity index is 2.46. The van der Waals surface area contributed by atoms with Gasteiger partial charge in [0.05, 0.1) is 5.69 Å². The van der Waals surface area contributed by atoms with Gasteiger partial charge in [0.1, 0.15) is 5.52 Å². The zero-order valence-electron chi connectivity index (χ0n) is 8.03. The van der Waals surface area contributed by atoms with Crippen molar-refractivity contribution in [2.24, 2.45) is 5.73 Å². The van der Waals surface area contributed by atoms with Gasteiger partial charge in [0, 0.05) is 12.5 Å². The zero-order valence-corrected chi connectivity index (χ0v) is 8.03. The smallest absolute Gasteiger partial charge is 0.197 e. The third-order valence-corrected chi connectivity index (χ3v) is 1.99. The molecule has 0 saturated carbocycles. The summed E-state index contributed by atoms with van der Waals surface area (Å²) in [5.41, 5.74) is 13.5. The number of anilines is 1. The lowest BCUT2D eigenvalue weighted by molar-refractivity contribution is 0.507. The zero-order chi connectivity index (χ0) is 10.1. The Hall–Kier alpha value is -1.55. The summed E-state index contributed by atoms with van der Waals surface area (Å²) >= 11 is 0. The molecule has 0 aliphatic rings. The van der Waals surface area contributed by atoms with Crippen molar-refractivity contribution in [1.82, 2.24) is 4.98 Å². The van der Waals surface area contributed by atoms with Crippen molar-refractivity contribution in [3.05, 3.63) is 24.1 Å². The van der Waals surface area contributed by atoms with E-state index in [4.69, 9.17) is 15.9 Å². The van der Waals surface area contributed by atoms with Gasteiger partial charge in [-0.05, 0) is 19.1 Å². The van der Waals surface area contributed by atoms with E-state index >= 15 is 0 Å². The summed E-state index contributed by atoms with van der Waals surface area (Å²) in [6.45, 7) is 1.91. The highest BCUT2D eigenvalue weighted by Crippen LogP contribution is 2.21. The number of rotatable bonds is 2. The van der Waals surface area contributed by atoms with E-state index in [1.54, 1.807) is 6.07 Å². The summed E-state index contributed by atoms with van der Waals surface area (Å²) in [7, 11) is 0. The van der Waals surface area contributed by atoms with Crippen LogP contribution in [0, 0.1) is 0 Å². The lowest BCUT2D eigenvalue weighted by Crippen LogP contribution is -2.17. The Morgan fingerprint density at radius 1 is 1.50 bits per heavy atom. The number of nitrogen functional groups attached to an aromatic ring is 1. The number of hydrogen-bond donors (Lipinski definition) is 2. The molecule has 1 heterocycles.